The van der Waals surface area contributed by atoms with E-state index in [-0.39, 0.29) is 5.43 Å². The van der Waals surface area contributed by atoms with Crippen LogP contribution in [-0.4, -0.2) is 10.1 Å². The van der Waals surface area contributed by atoms with Crippen LogP contribution in [-0.2, 0) is 6.42 Å². The number of aromatic nitrogens is 2. The second-order valence-corrected chi connectivity index (χ2v) is 4.02. The molecule has 0 amide bonds. The zero-order chi connectivity index (χ0) is 12.4. The van der Waals surface area contributed by atoms with Gasteiger partial charge in [-0.25, -0.2) is 0 Å². The summed E-state index contributed by atoms with van der Waals surface area (Å²) >= 11 is 0. The summed E-state index contributed by atoms with van der Waals surface area (Å²) in [6.07, 6.45) is 3.30. The molecule has 2 rings (SSSR count). The van der Waals surface area contributed by atoms with E-state index in [1.165, 1.54) is 6.07 Å². The van der Waals surface area contributed by atoms with Gasteiger partial charge in [-0.1, -0.05) is 18.5 Å². The normalized spacial score (nSPS) is 10.7. The Kier molecular flexibility index (Phi) is 2.99. The van der Waals surface area contributed by atoms with Crippen molar-refractivity contribution in [3.8, 4) is 11.3 Å². The first-order valence-electron chi connectivity index (χ1n) is 5.57. The molecule has 0 atom stereocenters. The van der Waals surface area contributed by atoms with Gasteiger partial charge in [-0.2, -0.15) is 0 Å². The van der Waals surface area contributed by atoms with Crippen LogP contribution in [0.1, 0.15) is 24.6 Å². The minimum atomic E-state index is -0.0882. The lowest BCUT2D eigenvalue weighted by atomic mass is 10.1. The van der Waals surface area contributed by atoms with Crippen molar-refractivity contribution in [2.75, 3.05) is 5.73 Å². The van der Waals surface area contributed by atoms with Crippen molar-refractivity contribution in [2.45, 2.75) is 26.7 Å². The number of nitrogens with zero attached hydrogens (tertiary/aromatic N) is 1. The molecule has 0 saturated carbocycles. The number of aryl methyl sites for hydroxylation is 1. The van der Waals surface area contributed by atoms with Gasteiger partial charge in [-0.3, -0.25) is 4.79 Å². The van der Waals surface area contributed by atoms with Gasteiger partial charge in [0.25, 0.3) is 0 Å². The van der Waals surface area contributed by atoms with Gasteiger partial charge in [0, 0.05) is 23.5 Å². The molecule has 2 aromatic heterocycles. The molecule has 90 valence electrons. The van der Waals surface area contributed by atoms with Gasteiger partial charge in [-0.05, 0) is 13.3 Å². The first-order chi connectivity index (χ1) is 8.13. The highest BCUT2D eigenvalue weighted by Gasteiger charge is 2.17. The predicted octanol–water partition coefficient (Wildman–Crippen LogP) is 1.87. The third-order valence-electron chi connectivity index (χ3n) is 2.62. The number of hydrogen-bond donors (Lipinski definition) is 2. The summed E-state index contributed by atoms with van der Waals surface area (Å²) in [6.45, 7) is 3.86. The number of hydrogen-bond acceptors (Lipinski definition) is 4. The van der Waals surface area contributed by atoms with Crippen molar-refractivity contribution in [1.29, 1.82) is 0 Å². The summed E-state index contributed by atoms with van der Waals surface area (Å²) in [4.78, 5) is 14.8. The molecular weight excluding hydrogens is 218 g/mol. The molecule has 0 aliphatic rings. The fraction of sp³-hybridized carbons (Fsp3) is 0.333. The monoisotopic (exact) mass is 233 g/mol. The second kappa shape index (κ2) is 4.45. The largest absolute Gasteiger partial charge is 0.381 e. The summed E-state index contributed by atoms with van der Waals surface area (Å²) in [6, 6.07) is 1.53. The van der Waals surface area contributed by atoms with Gasteiger partial charge >= 0.3 is 0 Å². The molecule has 0 saturated heterocycles. The Labute approximate surface area is 98.6 Å². The summed E-state index contributed by atoms with van der Waals surface area (Å²) < 4.78 is 5.16. The summed E-state index contributed by atoms with van der Waals surface area (Å²) in [5.41, 5.74) is 7.73. The Morgan fingerprint density at radius 3 is 2.94 bits per heavy atom. The fourth-order valence-corrected chi connectivity index (χ4v) is 1.78. The maximum absolute atomic E-state index is 11.9. The van der Waals surface area contributed by atoms with Crippen molar-refractivity contribution in [1.82, 2.24) is 10.1 Å². The van der Waals surface area contributed by atoms with Crippen LogP contribution < -0.4 is 11.2 Å². The molecule has 5 nitrogen and oxygen atoms in total. The van der Waals surface area contributed by atoms with Crippen LogP contribution in [0.4, 0.5) is 5.82 Å². The highest BCUT2D eigenvalue weighted by molar-refractivity contribution is 5.65. The number of nitrogen functional groups attached to an aromatic ring is 1. The Balaban J connectivity index is 2.56. The van der Waals surface area contributed by atoms with E-state index < -0.39 is 0 Å². The van der Waals surface area contributed by atoms with Crippen LogP contribution in [0.2, 0.25) is 0 Å². The van der Waals surface area contributed by atoms with Crippen LogP contribution in [0.15, 0.2) is 21.6 Å². The number of pyridine rings is 1. The van der Waals surface area contributed by atoms with Crippen molar-refractivity contribution in [3.63, 3.8) is 0 Å². The molecule has 5 heteroatoms. The van der Waals surface area contributed by atoms with Gasteiger partial charge < -0.3 is 15.2 Å². The molecule has 0 aliphatic carbocycles. The van der Waals surface area contributed by atoms with Crippen molar-refractivity contribution in [2.24, 2.45) is 0 Å². The minimum absolute atomic E-state index is 0.0882. The third kappa shape index (κ3) is 2.08. The molecule has 0 unspecified atom stereocenters. The lowest BCUT2D eigenvalue weighted by molar-refractivity contribution is 0.434. The van der Waals surface area contributed by atoms with E-state index in [0.717, 1.165) is 24.1 Å². The number of nitrogens with one attached hydrogen (secondary N) is 1. The molecule has 2 aromatic rings. The quantitative estimate of drug-likeness (QED) is 0.847. The highest BCUT2D eigenvalue weighted by atomic mass is 16.5. The average Bonchev–Trinajstić information content (AvgIpc) is 2.62. The van der Waals surface area contributed by atoms with E-state index in [4.69, 9.17) is 10.3 Å². The number of nitrogens with two attached hydrogens (primary N) is 1. The lowest BCUT2D eigenvalue weighted by Crippen LogP contribution is -2.06. The van der Waals surface area contributed by atoms with Crippen molar-refractivity contribution < 1.29 is 4.52 Å². The summed E-state index contributed by atoms with van der Waals surface area (Å²) in [5.74, 6) is 0.840. The Morgan fingerprint density at radius 2 is 2.29 bits per heavy atom. The number of anilines is 1. The molecule has 0 bridgehead atoms. The van der Waals surface area contributed by atoms with Crippen LogP contribution in [0.3, 0.4) is 0 Å². The Bertz CT molecular complexity index is 584. The molecule has 2 heterocycles. The van der Waals surface area contributed by atoms with Crippen LogP contribution in [0.5, 0.6) is 0 Å². The topological polar surface area (TPSA) is 84.9 Å². The number of rotatable bonds is 3. The molecule has 0 aromatic carbocycles. The van der Waals surface area contributed by atoms with E-state index in [1.54, 1.807) is 6.20 Å². The van der Waals surface area contributed by atoms with E-state index in [9.17, 15) is 4.79 Å². The summed E-state index contributed by atoms with van der Waals surface area (Å²) in [7, 11) is 0. The van der Waals surface area contributed by atoms with Crippen LogP contribution in [0, 0.1) is 6.92 Å². The zero-order valence-corrected chi connectivity index (χ0v) is 9.91. The average molecular weight is 233 g/mol. The van der Waals surface area contributed by atoms with E-state index in [2.05, 4.69) is 10.1 Å². The predicted molar refractivity (Wildman–Crippen MR) is 65.7 cm³/mol. The molecule has 0 spiro atoms. The highest BCUT2D eigenvalue weighted by Crippen LogP contribution is 2.26. The van der Waals surface area contributed by atoms with E-state index >= 15 is 0 Å². The smallest absolute Gasteiger partial charge is 0.192 e. The Hall–Kier alpha value is -2.04. The van der Waals surface area contributed by atoms with Gasteiger partial charge in [-0.15, -0.1) is 0 Å². The Morgan fingerprint density at radius 1 is 1.53 bits per heavy atom. The molecule has 0 fully saturated rings. The zero-order valence-electron chi connectivity index (χ0n) is 9.91. The number of aromatic amines is 1. The lowest BCUT2D eigenvalue weighted by Gasteiger charge is -2.00. The molecule has 3 N–H and O–H groups in total. The molecule has 17 heavy (non-hydrogen) atoms. The van der Waals surface area contributed by atoms with Gasteiger partial charge in [0.2, 0.25) is 0 Å². The fourth-order valence-electron chi connectivity index (χ4n) is 1.78. The van der Waals surface area contributed by atoms with E-state index in [0.29, 0.717) is 17.1 Å². The van der Waals surface area contributed by atoms with E-state index in [1.807, 2.05) is 13.8 Å². The van der Waals surface area contributed by atoms with Crippen molar-refractivity contribution >= 4 is 5.82 Å². The van der Waals surface area contributed by atoms with Crippen LogP contribution >= 0.6 is 0 Å². The van der Waals surface area contributed by atoms with Gasteiger partial charge in [0.1, 0.15) is 0 Å². The third-order valence-corrected chi connectivity index (χ3v) is 2.62. The van der Waals surface area contributed by atoms with Crippen molar-refractivity contribution in [3.05, 3.63) is 33.7 Å². The first kappa shape index (κ1) is 11.4. The number of H-pyrrole nitrogens is 1. The maximum Gasteiger partial charge on any atom is 0.192 e. The van der Waals surface area contributed by atoms with Gasteiger partial charge in [0.15, 0.2) is 17.0 Å². The van der Waals surface area contributed by atoms with Crippen LogP contribution in [0.25, 0.3) is 11.3 Å². The first-order valence-corrected chi connectivity index (χ1v) is 5.57. The SMILES string of the molecule is CCCc1c(N)noc1-c1c[nH]c(C)cc1=O. The minimum Gasteiger partial charge on any atom is -0.381 e. The summed E-state index contributed by atoms with van der Waals surface area (Å²) in [5, 5.41) is 3.73. The van der Waals surface area contributed by atoms with Gasteiger partial charge in [0.05, 0.1) is 5.56 Å². The maximum atomic E-state index is 11.9. The molecule has 0 aliphatic heterocycles. The molecular formula is C12H15N3O2. The second-order valence-electron chi connectivity index (χ2n) is 4.02. The standard InChI is InChI=1S/C12H15N3O2/c1-3-4-8-11(17-15-12(8)13)9-6-14-7(2)5-10(9)16/h5-6H,3-4H2,1-2H3,(H2,13,15)(H,14,16). The molecule has 0 radical (unpaired) electrons.